The Morgan fingerprint density at radius 1 is 1.00 bits per heavy atom. The first-order valence-corrected chi connectivity index (χ1v) is 6.49. The third-order valence-corrected chi connectivity index (χ3v) is 2.95. The highest BCUT2D eigenvalue weighted by molar-refractivity contribution is 5.53. The Labute approximate surface area is 117 Å². The highest BCUT2D eigenvalue weighted by Gasteiger charge is 2.08. The molecule has 0 saturated heterocycles. The first kappa shape index (κ1) is 12.4. The highest BCUT2D eigenvalue weighted by Crippen LogP contribution is 2.19. The van der Waals surface area contributed by atoms with Crippen LogP contribution < -0.4 is 5.32 Å². The van der Waals surface area contributed by atoms with Gasteiger partial charge in [0.2, 0.25) is 11.8 Å². The van der Waals surface area contributed by atoms with E-state index in [1.807, 2.05) is 61.5 Å². The average molecular weight is 265 g/mol. The van der Waals surface area contributed by atoms with Gasteiger partial charge in [-0.05, 0) is 31.2 Å². The van der Waals surface area contributed by atoms with Gasteiger partial charge in [0, 0.05) is 11.3 Å². The summed E-state index contributed by atoms with van der Waals surface area (Å²) in [7, 11) is 0. The number of nitrogens with zero attached hydrogens (tertiary/aromatic N) is 2. The van der Waals surface area contributed by atoms with Crippen molar-refractivity contribution in [2.75, 3.05) is 5.32 Å². The third-order valence-electron chi connectivity index (χ3n) is 2.95. The number of anilines is 1. The van der Waals surface area contributed by atoms with Crippen molar-refractivity contribution >= 4 is 5.69 Å². The quantitative estimate of drug-likeness (QED) is 0.782. The Kier molecular flexibility index (Phi) is 3.46. The lowest BCUT2D eigenvalue weighted by Crippen LogP contribution is -1.99. The van der Waals surface area contributed by atoms with Gasteiger partial charge in [0.05, 0.1) is 6.54 Å². The van der Waals surface area contributed by atoms with Crippen LogP contribution in [0.4, 0.5) is 5.69 Å². The van der Waals surface area contributed by atoms with Crippen molar-refractivity contribution in [2.24, 2.45) is 0 Å². The Balaban J connectivity index is 1.71. The van der Waals surface area contributed by atoms with E-state index < -0.39 is 0 Å². The van der Waals surface area contributed by atoms with Crippen LogP contribution in [0.25, 0.3) is 11.5 Å². The number of rotatable bonds is 4. The SMILES string of the molecule is Cc1cccc(-c2nnc(CNc3ccccc3)o2)c1. The lowest BCUT2D eigenvalue weighted by atomic mass is 10.1. The van der Waals surface area contributed by atoms with Crippen molar-refractivity contribution in [3.8, 4) is 11.5 Å². The molecule has 0 aliphatic heterocycles. The summed E-state index contributed by atoms with van der Waals surface area (Å²) in [5.74, 6) is 1.13. The number of aryl methyl sites for hydroxylation is 1. The van der Waals surface area contributed by atoms with Crippen LogP contribution in [-0.4, -0.2) is 10.2 Å². The van der Waals surface area contributed by atoms with E-state index in [4.69, 9.17) is 4.42 Å². The number of hydrogen-bond donors (Lipinski definition) is 1. The lowest BCUT2D eigenvalue weighted by Gasteiger charge is -2.01. The van der Waals surface area contributed by atoms with Crippen LogP contribution in [0.5, 0.6) is 0 Å². The fourth-order valence-electron chi connectivity index (χ4n) is 1.95. The summed E-state index contributed by atoms with van der Waals surface area (Å²) >= 11 is 0. The maximum absolute atomic E-state index is 5.66. The maximum Gasteiger partial charge on any atom is 0.247 e. The van der Waals surface area contributed by atoms with Gasteiger partial charge in [-0.25, -0.2) is 0 Å². The molecular formula is C16H15N3O. The molecule has 0 bridgehead atoms. The molecular weight excluding hydrogens is 250 g/mol. The predicted octanol–water partition coefficient (Wildman–Crippen LogP) is 3.66. The maximum atomic E-state index is 5.66. The van der Waals surface area contributed by atoms with E-state index in [1.54, 1.807) is 0 Å². The number of hydrogen-bond acceptors (Lipinski definition) is 4. The van der Waals surface area contributed by atoms with Gasteiger partial charge in [-0.15, -0.1) is 10.2 Å². The van der Waals surface area contributed by atoms with E-state index in [1.165, 1.54) is 5.56 Å². The second-order valence-corrected chi connectivity index (χ2v) is 4.59. The van der Waals surface area contributed by atoms with Gasteiger partial charge < -0.3 is 9.73 Å². The molecule has 20 heavy (non-hydrogen) atoms. The predicted molar refractivity (Wildman–Crippen MR) is 78.2 cm³/mol. The second-order valence-electron chi connectivity index (χ2n) is 4.59. The number of benzene rings is 2. The zero-order valence-electron chi connectivity index (χ0n) is 11.2. The van der Waals surface area contributed by atoms with Crippen molar-refractivity contribution in [2.45, 2.75) is 13.5 Å². The molecule has 1 aromatic heterocycles. The largest absolute Gasteiger partial charge is 0.419 e. The fourth-order valence-corrected chi connectivity index (χ4v) is 1.95. The van der Waals surface area contributed by atoms with Gasteiger partial charge in [0.25, 0.3) is 0 Å². The van der Waals surface area contributed by atoms with E-state index in [-0.39, 0.29) is 0 Å². The van der Waals surface area contributed by atoms with Gasteiger partial charge in [0.1, 0.15) is 0 Å². The third kappa shape index (κ3) is 2.85. The van der Waals surface area contributed by atoms with Gasteiger partial charge in [-0.3, -0.25) is 0 Å². The molecule has 1 N–H and O–H groups in total. The van der Waals surface area contributed by atoms with Crippen molar-refractivity contribution < 1.29 is 4.42 Å². The molecule has 0 aliphatic carbocycles. The molecule has 0 aliphatic rings. The molecule has 3 rings (SSSR count). The van der Waals surface area contributed by atoms with Crippen LogP contribution >= 0.6 is 0 Å². The number of nitrogens with one attached hydrogen (secondary N) is 1. The van der Waals surface area contributed by atoms with Crippen molar-refractivity contribution in [3.05, 3.63) is 66.1 Å². The average Bonchev–Trinajstić information content (AvgIpc) is 2.95. The van der Waals surface area contributed by atoms with Crippen molar-refractivity contribution in [3.63, 3.8) is 0 Å². The minimum atomic E-state index is 0.517. The summed E-state index contributed by atoms with van der Waals surface area (Å²) < 4.78 is 5.66. The van der Waals surface area contributed by atoms with Crippen LogP contribution in [0.1, 0.15) is 11.5 Å². The van der Waals surface area contributed by atoms with Gasteiger partial charge in [-0.2, -0.15) is 0 Å². The topological polar surface area (TPSA) is 51.0 Å². The zero-order valence-corrected chi connectivity index (χ0v) is 11.2. The molecule has 0 atom stereocenters. The van der Waals surface area contributed by atoms with Gasteiger partial charge >= 0.3 is 0 Å². The lowest BCUT2D eigenvalue weighted by molar-refractivity contribution is 0.515. The monoisotopic (exact) mass is 265 g/mol. The first-order chi connectivity index (χ1) is 9.81. The Morgan fingerprint density at radius 2 is 1.85 bits per heavy atom. The summed E-state index contributed by atoms with van der Waals surface area (Å²) in [6.45, 7) is 2.56. The van der Waals surface area contributed by atoms with Crippen molar-refractivity contribution in [1.82, 2.24) is 10.2 Å². The zero-order chi connectivity index (χ0) is 13.8. The fraction of sp³-hybridized carbons (Fsp3) is 0.125. The van der Waals surface area contributed by atoms with E-state index in [0.717, 1.165) is 11.3 Å². The van der Waals surface area contributed by atoms with Gasteiger partial charge in [-0.1, -0.05) is 35.9 Å². The van der Waals surface area contributed by atoms with Crippen molar-refractivity contribution in [1.29, 1.82) is 0 Å². The molecule has 0 radical (unpaired) electrons. The minimum absolute atomic E-state index is 0.517. The Bertz CT molecular complexity index is 692. The number of para-hydroxylation sites is 1. The standard InChI is InChI=1S/C16H15N3O/c1-12-6-5-7-13(10-12)16-19-18-15(20-16)11-17-14-8-3-2-4-9-14/h2-10,17H,11H2,1H3. The smallest absolute Gasteiger partial charge is 0.247 e. The van der Waals surface area contributed by atoms with Crippen LogP contribution in [-0.2, 0) is 6.54 Å². The molecule has 0 fully saturated rings. The molecule has 3 aromatic rings. The second kappa shape index (κ2) is 5.57. The molecule has 0 saturated carbocycles. The molecule has 0 amide bonds. The molecule has 4 nitrogen and oxygen atoms in total. The van der Waals surface area contributed by atoms with Crippen LogP contribution in [0.3, 0.4) is 0 Å². The summed E-state index contributed by atoms with van der Waals surface area (Å²) in [4.78, 5) is 0. The van der Waals surface area contributed by atoms with E-state index in [2.05, 4.69) is 15.5 Å². The first-order valence-electron chi connectivity index (χ1n) is 6.49. The van der Waals surface area contributed by atoms with E-state index in [0.29, 0.717) is 18.3 Å². The normalized spacial score (nSPS) is 10.4. The number of aromatic nitrogens is 2. The molecule has 4 heteroatoms. The molecule has 0 spiro atoms. The van der Waals surface area contributed by atoms with E-state index >= 15 is 0 Å². The summed E-state index contributed by atoms with van der Waals surface area (Å²) in [5, 5.41) is 11.4. The van der Waals surface area contributed by atoms with Gasteiger partial charge in [0.15, 0.2) is 0 Å². The van der Waals surface area contributed by atoms with Crippen LogP contribution in [0.15, 0.2) is 59.0 Å². The molecule has 2 aromatic carbocycles. The minimum Gasteiger partial charge on any atom is -0.419 e. The highest BCUT2D eigenvalue weighted by atomic mass is 16.4. The molecule has 100 valence electrons. The summed E-state index contributed by atoms with van der Waals surface area (Å²) in [5.41, 5.74) is 3.15. The summed E-state index contributed by atoms with van der Waals surface area (Å²) in [6.07, 6.45) is 0. The Morgan fingerprint density at radius 3 is 2.65 bits per heavy atom. The van der Waals surface area contributed by atoms with E-state index in [9.17, 15) is 0 Å². The Hall–Kier alpha value is -2.62. The van der Waals surface area contributed by atoms with Crippen LogP contribution in [0, 0.1) is 6.92 Å². The molecule has 0 unspecified atom stereocenters. The van der Waals surface area contributed by atoms with Crippen LogP contribution in [0.2, 0.25) is 0 Å². The summed E-state index contributed by atoms with van der Waals surface area (Å²) in [6, 6.07) is 18.0. The molecule has 1 heterocycles.